The molecule has 0 saturated carbocycles. The van der Waals surface area contributed by atoms with Gasteiger partial charge in [-0.25, -0.2) is 23.5 Å². The van der Waals surface area contributed by atoms with Gasteiger partial charge in [-0.3, -0.25) is 0 Å². The summed E-state index contributed by atoms with van der Waals surface area (Å²) in [5.74, 6) is 0.450. The minimum Gasteiger partial charge on any atom is -0.481 e. The topological polar surface area (TPSA) is 134 Å². The number of amides is 2. The third-order valence-electron chi connectivity index (χ3n) is 6.69. The van der Waals surface area contributed by atoms with Gasteiger partial charge in [0.2, 0.25) is 5.88 Å². The van der Waals surface area contributed by atoms with Crippen molar-refractivity contribution in [2.45, 2.75) is 43.6 Å². The number of pyridine rings is 1. The zero-order valence-electron chi connectivity index (χ0n) is 20.3. The fourth-order valence-electron chi connectivity index (χ4n) is 4.92. The summed E-state index contributed by atoms with van der Waals surface area (Å²) in [6.07, 6.45) is 4.33. The lowest BCUT2D eigenvalue weighted by molar-refractivity contribution is 0.101. The van der Waals surface area contributed by atoms with Crippen molar-refractivity contribution in [2.24, 2.45) is 0 Å². The highest BCUT2D eigenvalue weighted by Gasteiger charge is 2.41. The van der Waals surface area contributed by atoms with Gasteiger partial charge in [0.15, 0.2) is 9.92 Å². The van der Waals surface area contributed by atoms with E-state index >= 15 is 0 Å². The number of urea groups is 1. The molecule has 3 aromatic rings. The highest BCUT2D eigenvalue weighted by Crippen LogP contribution is 2.38. The average molecular weight is 506 g/mol. The van der Waals surface area contributed by atoms with E-state index in [4.69, 9.17) is 14.2 Å². The fraction of sp³-hybridized carbons (Fsp3) is 0.280. The van der Waals surface area contributed by atoms with Crippen LogP contribution in [-0.4, -0.2) is 34.5 Å². The van der Waals surface area contributed by atoms with Crippen LogP contribution < -0.4 is 20.2 Å². The second-order valence-electron chi connectivity index (χ2n) is 9.41. The number of anilines is 1. The summed E-state index contributed by atoms with van der Waals surface area (Å²) in [6.45, 7) is 3.56. The van der Waals surface area contributed by atoms with Gasteiger partial charge in [0, 0.05) is 17.8 Å². The summed E-state index contributed by atoms with van der Waals surface area (Å²) in [5.41, 5.74) is 4.78. The minimum absolute atomic E-state index is 0.125. The van der Waals surface area contributed by atoms with E-state index in [1.54, 1.807) is 45.4 Å². The maximum absolute atomic E-state index is 13.3. The van der Waals surface area contributed by atoms with Crippen molar-refractivity contribution in [3.8, 4) is 17.0 Å². The van der Waals surface area contributed by atoms with Crippen molar-refractivity contribution in [2.75, 3.05) is 12.4 Å². The van der Waals surface area contributed by atoms with Crippen molar-refractivity contribution >= 4 is 34.2 Å². The second kappa shape index (κ2) is 8.92. The maximum atomic E-state index is 13.3. The molecular weight excluding hydrogens is 479 g/mol. The molecule has 1 aliphatic carbocycles. The van der Waals surface area contributed by atoms with Crippen LogP contribution in [-0.2, 0) is 33.0 Å². The Morgan fingerprint density at radius 1 is 1.22 bits per heavy atom. The SMILES string of the molecule is COc1cc(-c2ccc3c(c2NC(=O)NS(=N)(=O)c2ccc4c(c2)C(C)(C)OB4O)CCC3)ccn1. The summed E-state index contributed by atoms with van der Waals surface area (Å²) in [7, 11) is -3.25. The highest BCUT2D eigenvalue weighted by atomic mass is 32.2. The second-order valence-corrected chi connectivity index (χ2v) is 11.2. The van der Waals surface area contributed by atoms with Gasteiger partial charge < -0.3 is 19.7 Å². The van der Waals surface area contributed by atoms with E-state index < -0.39 is 28.7 Å². The molecule has 0 bridgehead atoms. The molecule has 1 aromatic heterocycles. The van der Waals surface area contributed by atoms with Gasteiger partial charge in [0.25, 0.3) is 0 Å². The molecule has 5 rings (SSSR count). The Kier molecular flexibility index (Phi) is 6.02. The van der Waals surface area contributed by atoms with Gasteiger partial charge in [-0.2, -0.15) is 0 Å². The molecule has 0 saturated heterocycles. The first-order valence-electron chi connectivity index (χ1n) is 11.6. The van der Waals surface area contributed by atoms with Crippen LogP contribution in [0, 0.1) is 4.78 Å². The maximum Gasteiger partial charge on any atom is 0.492 e. The lowest BCUT2D eigenvalue weighted by Crippen LogP contribution is -2.34. The normalized spacial score (nSPS) is 17.2. The van der Waals surface area contributed by atoms with Crippen molar-refractivity contribution in [1.29, 1.82) is 4.78 Å². The van der Waals surface area contributed by atoms with Crippen LogP contribution >= 0.6 is 0 Å². The monoisotopic (exact) mass is 506 g/mol. The molecule has 1 aliphatic heterocycles. The predicted octanol–water partition coefficient (Wildman–Crippen LogP) is 3.34. The third-order valence-corrected chi connectivity index (χ3v) is 8.08. The Morgan fingerprint density at radius 2 is 2.03 bits per heavy atom. The number of aryl methyl sites for hydroxylation is 1. The number of methoxy groups -OCH3 is 1. The van der Waals surface area contributed by atoms with Gasteiger partial charge >= 0.3 is 13.1 Å². The molecule has 2 aliphatic rings. The number of nitrogens with one attached hydrogen (secondary N) is 3. The first-order valence-corrected chi connectivity index (χ1v) is 13.2. The number of hydrogen-bond acceptors (Lipinski definition) is 7. The van der Waals surface area contributed by atoms with Gasteiger partial charge in [-0.15, -0.1) is 0 Å². The Bertz CT molecular complexity index is 1480. The first kappa shape index (κ1) is 24.3. The first-order chi connectivity index (χ1) is 17.1. The lowest BCUT2D eigenvalue weighted by atomic mass is 9.78. The van der Waals surface area contributed by atoms with Crippen LogP contribution in [0.25, 0.3) is 11.1 Å². The van der Waals surface area contributed by atoms with E-state index in [0.29, 0.717) is 22.6 Å². The van der Waals surface area contributed by atoms with E-state index in [1.807, 2.05) is 12.1 Å². The van der Waals surface area contributed by atoms with Crippen LogP contribution in [0.1, 0.15) is 37.0 Å². The molecule has 2 aromatic carbocycles. The molecule has 0 fully saturated rings. The molecule has 9 nitrogen and oxygen atoms in total. The largest absolute Gasteiger partial charge is 0.492 e. The lowest BCUT2D eigenvalue weighted by Gasteiger charge is -2.21. The number of fused-ring (bicyclic) bond motifs is 2. The molecule has 36 heavy (non-hydrogen) atoms. The van der Waals surface area contributed by atoms with Gasteiger partial charge in [0.1, 0.15) is 0 Å². The molecule has 0 radical (unpaired) electrons. The fourth-order valence-corrected chi connectivity index (χ4v) is 5.90. The minimum atomic E-state index is -3.70. The van der Waals surface area contributed by atoms with Crippen molar-refractivity contribution in [3.05, 3.63) is 65.4 Å². The molecule has 2 heterocycles. The van der Waals surface area contributed by atoms with E-state index in [0.717, 1.165) is 41.5 Å². The summed E-state index contributed by atoms with van der Waals surface area (Å²) >= 11 is 0. The third kappa shape index (κ3) is 4.34. The van der Waals surface area contributed by atoms with Gasteiger partial charge in [-0.05, 0) is 79.0 Å². The average Bonchev–Trinajstić information content (AvgIpc) is 3.41. The molecule has 1 atom stereocenters. The van der Waals surface area contributed by atoms with Crippen LogP contribution in [0.5, 0.6) is 5.88 Å². The van der Waals surface area contributed by atoms with Gasteiger partial charge in [0.05, 0.1) is 23.3 Å². The van der Waals surface area contributed by atoms with Crippen LogP contribution in [0.15, 0.2) is 53.6 Å². The van der Waals surface area contributed by atoms with Crippen molar-refractivity contribution < 1.29 is 23.4 Å². The summed E-state index contributed by atoms with van der Waals surface area (Å²) in [5, 5.41) is 13.0. The number of hydrogen-bond donors (Lipinski definition) is 4. The molecular formula is C25H27BN4O5S. The standard InChI is InChI=1S/C25H27BN4O5S/c1-25(2)20-14-17(8-10-21(20)26(32)35-25)36(27,33)30-24(31)29-23-18-6-4-5-15(18)7-9-19(23)16-11-12-28-22(13-16)34-3/h7-14,32H,4-6H2,1-3H3,(H3,27,29,30,31,33). The molecule has 0 spiro atoms. The van der Waals surface area contributed by atoms with Crippen LogP contribution in [0.4, 0.5) is 10.5 Å². The zero-order chi connectivity index (χ0) is 25.7. The zero-order valence-corrected chi connectivity index (χ0v) is 21.1. The summed E-state index contributed by atoms with van der Waals surface area (Å²) in [6, 6.07) is 11.5. The molecule has 186 valence electrons. The molecule has 11 heteroatoms. The molecule has 2 amide bonds. The van der Waals surface area contributed by atoms with E-state index in [9.17, 15) is 14.0 Å². The van der Waals surface area contributed by atoms with Crippen molar-refractivity contribution in [1.82, 2.24) is 9.71 Å². The number of carbonyl (C=O) groups excluding carboxylic acids is 1. The Morgan fingerprint density at radius 3 is 2.81 bits per heavy atom. The molecule has 4 N–H and O–H groups in total. The highest BCUT2D eigenvalue weighted by molar-refractivity contribution is 7.91. The smallest absolute Gasteiger partial charge is 0.481 e. The Balaban J connectivity index is 1.45. The predicted molar refractivity (Wildman–Crippen MR) is 138 cm³/mol. The quantitative estimate of drug-likeness (QED) is 0.393. The van der Waals surface area contributed by atoms with Crippen LogP contribution in [0.2, 0.25) is 0 Å². The van der Waals surface area contributed by atoms with Gasteiger partial charge in [-0.1, -0.05) is 18.2 Å². The number of rotatable bonds is 5. The number of ether oxygens (including phenoxy) is 1. The van der Waals surface area contributed by atoms with Crippen LogP contribution in [0.3, 0.4) is 0 Å². The molecule has 1 unspecified atom stereocenters. The van der Waals surface area contributed by atoms with E-state index in [2.05, 4.69) is 21.1 Å². The van der Waals surface area contributed by atoms with E-state index in [1.165, 1.54) is 6.07 Å². The number of benzene rings is 2. The summed E-state index contributed by atoms with van der Waals surface area (Å²) in [4.78, 5) is 17.4. The van der Waals surface area contributed by atoms with E-state index in [-0.39, 0.29) is 4.90 Å². The number of nitrogens with zero attached hydrogens (tertiary/aromatic N) is 1. The Labute approximate surface area is 210 Å². The Hall–Kier alpha value is -3.41. The number of carbonyl (C=O) groups is 1. The summed E-state index contributed by atoms with van der Waals surface area (Å²) < 4.78 is 34.9. The number of aromatic nitrogens is 1. The van der Waals surface area contributed by atoms with Crippen molar-refractivity contribution in [3.63, 3.8) is 0 Å².